The average Bonchev–Trinajstić information content (AvgIpc) is 3.39. The Labute approximate surface area is 183 Å². The van der Waals surface area contributed by atoms with E-state index in [4.69, 9.17) is 5.26 Å². The number of amides is 1. The molecule has 1 aliphatic rings. The maximum Gasteiger partial charge on any atom is 0.243 e. The van der Waals surface area contributed by atoms with Gasteiger partial charge in [-0.05, 0) is 56.4 Å². The quantitative estimate of drug-likeness (QED) is 0.640. The number of hydrogen-bond donors (Lipinski definition) is 1. The van der Waals surface area contributed by atoms with E-state index in [0.29, 0.717) is 50.3 Å². The highest BCUT2D eigenvalue weighted by molar-refractivity contribution is 7.89. The second kappa shape index (κ2) is 10.1. The molecule has 1 aromatic heterocycles. The van der Waals surface area contributed by atoms with Crippen LogP contribution in [0.3, 0.4) is 0 Å². The maximum absolute atomic E-state index is 12.6. The molecule has 3 rings (SSSR count). The number of nitrogens with zero attached hydrogens (tertiary/aromatic N) is 4. The van der Waals surface area contributed by atoms with Gasteiger partial charge < -0.3 is 5.32 Å². The Morgan fingerprint density at radius 3 is 2.52 bits per heavy atom. The number of benzene rings is 1. The molecule has 1 saturated heterocycles. The lowest BCUT2D eigenvalue weighted by Crippen LogP contribution is -2.28. The van der Waals surface area contributed by atoms with Crippen LogP contribution in [0.1, 0.15) is 48.2 Å². The smallest absolute Gasteiger partial charge is 0.243 e. The van der Waals surface area contributed by atoms with Gasteiger partial charge in [-0.15, -0.1) is 0 Å². The monoisotopic (exact) mass is 443 g/mol. The molecular weight excluding hydrogens is 414 g/mol. The first-order chi connectivity index (χ1) is 14.8. The number of rotatable bonds is 9. The molecule has 0 spiro atoms. The normalized spacial score (nSPS) is 14.5. The van der Waals surface area contributed by atoms with Crippen LogP contribution in [-0.4, -0.2) is 41.5 Å². The van der Waals surface area contributed by atoms with Gasteiger partial charge in [0.2, 0.25) is 15.9 Å². The Morgan fingerprint density at radius 1 is 1.19 bits per heavy atom. The molecule has 0 aliphatic carbocycles. The first-order valence-electron chi connectivity index (χ1n) is 10.6. The van der Waals surface area contributed by atoms with Crippen molar-refractivity contribution in [1.29, 1.82) is 5.26 Å². The summed E-state index contributed by atoms with van der Waals surface area (Å²) in [5.74, 6) is -0.0719. The van der Waals surface area contributed by atoms with Crippen molar-refractivity contribution in [3.63, 3.8) is 0 Å². The van der Waals surface area contributed by atoms with Crippen molar-refractivity contribution in [2.75, 3.05) is 13.1 Å². The second-order valence-corrected chi connectivity index (χ2v) is 9.75. The molecule has 166 valence electrons. The maximum atomic E-state index is 12.6. The first kappa shape index (κ1) is 23.0. The van der Waals surface area contributed by atoms with Crippen LogP contribution in [0.25, 0.3) is 0 Å². The summed E-state index contributed by atoms with van der Waals surface area (Å²) in [7, 11) is -3.42. The van der Waals surface area contributed by atoms with Crippen molar-refractivity contribution in [2.45, 2.75) is 63.9 Å². The number of carbonyl (C=O) groups excluding carboxylic acids is 1. The van der Waals surface area contributed by atoms with Gasteiger partial charge in [-0.2, -0.15) is 14.7 Å². The number of hydrogen-bond acceptors (Lipinski definition) is 5. The van der Waals surface area contributed by atoms with Gasteiger partial charge in [0.1, 0.15) is 0 Å². The van der Waals surface area contributed by atoms with E-state index in [9.17, 15) is 13.2 Å². The van der Waals surface area contributed by atoms with Crippen LogP contribution in [-0.2, 0) is 34.3 Å². The molecule has 0 unspecified atom stereocenters. The molecule has 9 heteroatoms. The highest BCUT2D eigenvalue weighted by Crippen LogP contribution is 2.21. The molecule has 2 aromatic rings. The number of nitriles is 1. The van der Waals surface area contributed by atoms with Crippen molar-refractivity contribution in [3.8, 4) is 6.07 Å². The largest absolute Gasteiger partial charge is 0.352 e. The van der Waals surface area contributed by atoms with E-state index in [0.717, 1.165) is 35.4 Å². The van der Waals surface area contributed by atoms with Crippen LogP contribution in [0, 0.1) is 25.2 Å². The van der Waals surface area contributed by atoms with Crippen LogP contribution >= 0.6 is 0 Å². The van der Waals surface area contributed by atoms with E-state index in [1.54, 1.807) is 24.3 Å². The fraction of sp³-hybridized carbons (Fsp3) is 0.500. The lowest BCUT2D eigenvalue weighted by Gasteiger charge is -2.15. The molecule has 31 heavy (non-hydrogen) atoms. The number of sulfonamides is 1. The average molecular weight is 444 g/mol. The second-order valence-electron chi connectivity index (χ2n) is 7.81. The molecule has 1 aliphatic heterocycles. The van der Waals surface area contributed by atoms with E-state index in [-0.39, 0.29) is 5.91 Å². The lowest BCUT2D eigenvalue weighted by molar-refractivity contribution is -0.121. The highest BCUT2D eigenvalue weighted by atomic mass is 32.2. The Hall–Kier alpha value is -2.70. The van der Waals surface area contributed by atoms with E-state index in [1.165, 1.54) is 4.31 Å². The highest BCUT2D eigenvalue weighted by Gasteiger charge is 2.26. The molecular formula is C22H29N5O3S. The Kier molecular flexibility index (Phi) is 7.46. The van der Waals surface area contributed by atoms with E-state index in [2.05, 4.69) is 16.5 Å². The molecule has 8 nitrogen and oxygen atoms in total. The SMILES string of the molecule is Cc1nn(CCC#N)c(C)c1CCC(=O)NCc1ccc(S(=O)(=O)N2CCCC2)cc1. The summed E-state index contributed by atoms with van der Waals surface area (Å²) in [6, 6.07) is 8.83. The molecule has 0 saturated carbocycles. The van der Waals surface area contributed by atoms with Crippen LogP contribution in [0.5, 0.6) is 0 Å². The zero-order valence-corrected chi connectivity index (χ0v) is 18.9. The van der Waals surface area contributed by atoms with Gasteiger partial charge >= 0.3 is 0 Å². The van der Waals surface area contributed by atoms with Crippen LogP contribution in [0.15, 0.2) is 29.2 Å². The summed E-state index contributed by atoms with van der Waals surface area (Å²) >= 11 is 0. The summed E-state index contributed by atoms with van der Waals surface area (Å²) in [4.78, 5) is 12.6. The van der Waals surface area contributed by atoms with Crippen molar-refractivity contribution in [1.82, 2.24) is 19.4 Å². The third-order valence-electron chi connectivity index (χ3n) is 5.68. The van der Waals surface area contributed by atoms with E-state index in [1.807, 2.05) is 18.5 Å². The fourth-order valence-corrected chi connectivity index (χ4v) is 5.37. The number of nitrogens with one attached hydrogen (secondary N) is 1. The van der Waals surface area contributed by atoms with E-state index < -0.39 is 10.0 Å². The minimum atomic E-state index is -3.42. The van der Waals surface area contributed by atoms with Gasteiger partial charge in [0, 0.05) is 31.7 Å². The predicted octanol–water partition coefficient (Wildman–Crippen LogP) is 2.45. The molecule has 1 fully saturated rings. The van der Waals surface area contributed by atoms with Gasteiger partial charge in [0.15, 0.2) is 0 Å². The number of aryl methyl sites for hydroxylation is 2. The first-order valence-corrected chi connectivity index (χ1v) is 12.0. The Morgan fingerprint density at radius 2 is 1.87 bits per heavy atom. The molecule has 2 heterocycles. The van der Waals surface area contributed by atoms with Crippen molar-refractivity contribution >= 4 is 15.9 Å². The zero-order valence-electron chi connectivity index (χ0n) is 18.1. The summed E-state index contributed by atoms with van der Waals surface area (Å²) in [5.41, 5.74) is 3.78. The fourth-order valence-electron chi connectivity index (χ4n) is 3.85. The topological polar surface area (TPSA) is 108 Å². The van der Waals surface area contributed by atoms with Crippen LogP contribution in [0.4, 0.5) is 0 Å². The van der Waals surface area contributed by atoms with Gasteiger partial charge in [-0.3, -0.25) is 9.48 Å². The number of aromatic nitrogens is 2. The van der Waals surface area contributed by atoms with Crippen molar-refractivity contribution in [2.24, 2.45) is 0 Å². The lowest BCUT2D eigenvalue weighted by atomic mass is 10.1. The summed E-state index contributed by atoms with van der Waals surface area (Å²) < 4.78 is 28.5. The van der Waals surface area contributed by atoms with Crippen LogP contribution in [0.2, 0.25) is 0 Å². The Bertz CT molecular complexity index is 1060. The minimum Gasteiger partial charge on any atom is -0.352 e. The van der Waals surface area contributed by atoms with E-state index >= 15 is 0 Å². The molecule has 1 N–H and O–H groups in total. The summed E-state index contributed by atoms with van der Waals surface area (Å²) in [6.07, 6.45) is 3.14. The van der Waals surface area contributed by atoms with Crippen molar-refractivity contribution in [3.05, 3.63) is 46.8 Å². The van der Waals surface area contributed by atoms with Crippen molar-refractivity contribution < 1.29 is 13.2 Å². The zero-order chi connectivity index (χ0) is 22.4. The van der Waals surface area contributed by atoms with Gasteiger partial charge in [-0.1, -0.05) is 12.1 Å². The predicted molar refractivity (Wildman–Crippen MR) is 117 cm³/mol. The molecule has 0 atom stereocenters. The molecule has 1 aromatic carbocycles. The molecule has 0 bridgehead atoms. The third kappa shape index (κ3) is 5.51. The van der Waals surface area contributed by atoms with Crippen LogP contribution < -0.4 is 5.32 Å². The standard InChI is InChI=1S/C22H29N5O3S/c1-17-21(18(2)27(25-17)15-5-12-23)10-11-22(28)24-16-19-6-8-20(9-7-19)31(29,30)26-13-3-4-14-26/h6-9H,3-5,10-11,13-16H2,1-2H3,(H,24,28). The molecule has 0 radical (unpaired) electrons. The van der Waals surface area contributed by atoms with Gasteiger partial charge in [0.05, 0.1) is 29.6 Å². The van der Waals surface area contributed by atoms with Gasteiger partial charge in [-0.25, -0.2) is 8.42 Å². The Balaban J connectivity index is 1.51. The summed E-state index contributed by atoms with van der Waals surface area (Å²) in [6.45, 7) is 5.94. The molecule has 1 amide bonds. The number of carbonyl (C=O) groups is 1. The summed E-state index contributed by atoms with van der Waals surface area (Å²) in [5, 5.41) is 16.1. The third-order valence-corrected chi connectivity index (χ3v) is 7.60. The van der Waals surface area contributed by atoms with Gasteiger partial charge in [0.25, 0.3) is 0 Å². The minimum absolute atomic E-state index is 0.0719.